The topological polar surface area (TPSA) is 33.6 Å². The molecule has 0 atom stereocenters. The van der Waals surface area contributed by atoms with E-state index in [0.717, 1.165) is 6.54 Å². The molecule has 0 aromatic rings. The quantitative estimate of drug-likeness (QED) is 0.586. The van der Waals surface area contributed by atoms with Gasteiger partial charge in [0.15, 0.2) is 0 Å². The van der Waals surface area contributed by atoms with E-state index < -0.39 is 0 Å². The molecule has 1 rings (SSSR count). The molecule has 0 aromatic heterocycles. The molecular formula is C7H14N2O. The number of hydrogen-bond acceptors (Lipinski definition) is 3. The number of rotatable bonds is 1. The minimum absolute atomic E-state index is 0.0878. The normalized spacial score (nSPS) is 21.7. The second kappa shape index (κ2) is 2.48. The van der Waals surface area contributed by atoms with Crippen molar-refractivity contribution in [1.29, 1.82) is 0 Å². The Morgan fingerprint density at radius 2 is 2.40 bits per heavy atom. The van der Waals surface area contributed by atoms with Crippen LogP contribution in [0.2, 0.25) is 0 Å². The molecule has 1 heterocycles. The molecule has 0 aromatic carbocycles. The van der Waals surface area contributed by atoms with E-state index in [1.807, 2.05) is 6.92 Å². The maximum atomic E-state index is 5.18. The summed E-state index contributed by atoms with van der Waals surface area (Å²) in [4.78, 5) is 4.16. The Labute approximate surface area is 61.5 Å². The fraction of sp³-hybridized carbons (Fsp3) is 0.857. The number of nitrogens with zero attached hydrogens (tertiary/aromatic N) is 1. The standard InChI is InChI=1S/C7H14N2O/c1-4-10-6-8-5-7(2,3)9-6/h4-5H2,1-3H3,(H,8,9). The second-order valence-electron chi connectivity index (χ2n) is 3.06. The number of amidine groups is 1. The molecular weight excluding hydrogens is 128 g/mol. The Morgan fingerprint density at radius 3 is 2.80 bits per heavy atom. The summed E-state index contributed by atoms with van der Waals surface area (Å²) in [5, 5.41) is 3.16. The van der Waals surface area contributed by atoms with Crippen LogP contribution in [-0.2, 0) is 4.74 Å². The predicted molar refractivity (Wildman–Crippen MR) is 41.1 cm³/mol. The number of aliphatic imine (C=N–C) groups is 1. The summed E-state index contributed by atoms with van der Waals surface area (Å²) in [6.45, 7) is 7.64. The van der Waals surface area contributed by atoms with Gasteiger partial charge in [0, 0.05) is 0 Å². The van der Waals surface area contributed by atoms with Crippen molar-refractivity contribution in [2.75, 3.05) is 13.2 Å². The van der Waals surface area contributed by atoms with Gasteiger partial charge in [0.25, 0.3) is 6.02 Å². The number of hydrogen-bond donors (Lipinski definition) is 1. The Bertz CT molecular complexity index is 152. The Kier molecular flexibility index (Phi) is 1.83. The van der Waals surface area contributed by atoms with Crippen molar-refractivity contribution in [3.63, 3.8) is 0 Å². The van der Waals surface area contributed by atoms with Crippen LogP contribution in [0, 0.1) is 0 Å². The van der Waals surface area contributed by atoms with Crippen molar-refractivity contribution in [3.05, 3.63) is 0 Å². The van der Waals surface area contributed by atoms with Crippen LogP contribution in [-0.4, -0.2) is 24.7 Å². The molecule has 0 aliphatic carbocycles. The van der Waals surface area contributed by atoms with Crippen LogP contribution in [0.25, 0.3) is 0 Å². The van der Waals surface area contributed by atoms with Gasteiger partial charge >= 0.3 is 0 Å². The molecule has 0 bridgehead atoms. The van der Waals surface area contributed by atoms with Gasteiger partial charge in [-0.15, -0.1) is 0 Å². The lowest BCUT2D eigenvalue weighted by molar-refractivity contribution is 0.306. The molecule has 0 unspecified atom stereocenters. The van der Waals surface area contributed by atoms with Gasteiger partial charge in [-0.25, -0.2) is 4.99 Å². The monoisotopic (exact) mass is 142 g/mol. The third-order valence-electron chi connectivity index (χ3n) is 1.34. The van der Waals surface area contributed by atoms with E-state index in [9.17, 15) is 0 Å². The van der Waals surface area contributed by atoms with E-state index >= 15 is 0 Å². The van der Waals surface area contributed by atoms with Crippen molar-refractivity contribution in [1.82, 2.24) is 5.32 Å². The van der Waals surface area contributed by atoms with Crippen molar-refractivity contribution in [2.45, 2.75) is 26.3 Å². The first-order valence-corrected chi connectivity index (χ1v) is 3.59. The lowest BCUT2D eigenvalue weighted by Gasteiger charge is -2.17. The zero-order valence-corrected chi connectivity index (χ0v) is 6.77. The highest BCUT2D eigenvalue weighted by Gasteiger charge is 2.25. The predicted octanol–water partition coefficient (Wildman–Crippen LogP) is 0.761. The fourth-order valence-electron chi connectivity index (χ4n) is 0.856. The van der Waals surface area contributed by atoms with Crippen LogP contribution < -0.4 is 5.32 Å². The average molecular weight is 142 g/mol. The van der Waals surface area contributed by atoms with Crippen molar-refractivity contribution in [2.24, 2.45) is 4.99 Å². The van der Waals surface area contributed by atoms with Gasteiger partial charge in [-0.05, 0) is 20.8 Å². The third-order valence-corrected chi connectivity index (χ3v) is 1.34. The molecule has 0 amide bonds. The van der Waals surface area contributed by atoms with Crippen molar-refractivity contribution >= 4 is 6.02 Å². The first-order valence-electron chi connectivity index (χ1n) is 3.59. The van der Waals surface area contributed by atoms with Gasteiger partial charge in [0.1, 0.15) is 0 Å². The maximum Gasteiger partial charge on any atom is 0.285 e. The van der Waals surface area contributed by atoms with Gasteiger partial charge in [-0.3, -0.25) is 0 Å². The van der Waals surface area contributed by atoms with E-state index in [-0.39, 0.29) is 5.54 Å². The summed E-state index contributed by atoms with van der Waals surface area (Å²) in [5.74, 6) is 0. The third kappa shape index (κ3) is 1.62. The minimum Gasteiger partial charge on any atom is -0.466 e. The summed E-state index contributed by atoms with van der Waals surface area (Å²) >= 11 is 0. The number of ether oxygens (including phenoxy) is 1. The zero-order valence-electron chi connectivity index (χ0n) is 6.77. The summed E-state index contributed by atoms with van der Waals surface area (Å²) in [5.41, 5.74) is 0.0878. The summed E-state index contributed by atoms with van der Waals surface area (Å²) in [6, 6.07) is 0.688. The van der Waals surface area contributed by atoms with Gasteiger partial charge in [0.05, 0.1) is 18.7 Å². The van der Waals surface area contributed by atoms with Crippen LogP contribution in [0.15, 0.2) is 4.99 Å². The first kappa shape index (κ1) is 7.38. The van der Waals surface area contributed by atoms with E-state index in [4.69, 9.17) is 4.74 Å². The lowest BCUT2D eigenvalue weighted by atomic mass is 10.1. The molecule has 0 spiro atoms. The van der Waals surface area contributed by atoms with E-state index in [1.54, 1.807) is 0 Å². The number of nitrogens with one attached hydrogen (secondary N) is 1. The summed E-state index contributed by atoms with van der Waals surface area (Å²) in [7, 11) is 0. The molecule has 3 heteroatoms. The molecule has 1 aliphatic heterocycles. The van der Waals surface area contributed by atoms with Gasteiger partial charge < -0.3 is 10.1 Å². The zero-order chi connectivity index (χ0) is 7.61. The molecule has 0 saturated carbocycles. The molecule has 0 fully saturated rings. The Morgan fingerprint density at radius 1 is 1.70 bits per heavy atom. The average Bonchev–Trinajstić information content (AvgIpc) is 2.12. The van der Waals surface area contributed by atoms with Crippen LogP contribution in [0.3, 0.4) is 0 Å². The SMILES string of the molecule is CCOC1=NCC(C)(C)N1. The van der Waals surface area contributed by atoms with Crippen LogP contribution in [0.4, 0.5) is 0 Å². The maximum absolute atomic E-state index is 5.18. The first-order chi connectivity index (χ1) is 4.64. The van der Waals surface area contributed by atoms with Gasteiger partial charge in [-0.2, -0.15) is 0 Å². The molecule has 1 aliphatic rings. The highest BCUT2D eigenvalue weighted by molar-refractivity contribution is 5.76. The minimum atomic E-state index is 0.0878. The Hall–Kier alpha value is -0.730. The molecule has 10 heavy (non-hydrogen) atoms. The fourth-order valence-corrected chi connectivity index (χ4v) is 0.856. The smallest absolute Gasteiger partial charge is 0.285 e. The molecule has 1 N–H and O–H groups in total. The largest absolute Gasteiger partial charge is 0.466 e. The lowest BCUT2D eigenvalue weighted by Crippen LogP contribution is -2.40. The van der Waals surface area contributed by atoms with Crippen molar-refractivity contribution < 1.29 is 4.74 Å². The molecule has 0 saturated heterocycles. The van der Waals surface area contributed by atoms with E-state index in [1.165, 1.54) is 0 Å². The van der Waals surface area contributed by atoms with Crippen molar-refractivity contribution in [3.8, 4) is 0 Å². The molecule has 0 radical (unpaired) electrons. The van der Waals surface area contributed by atoms with E-state index in [2.05, 4.69) is 24.2 Å². The second-order valence-corrected chi connectivity index (χ2v) is 3.06. The Balaban J connectivity index is 2.39. The van der Waals surface area contributed by atoms with Crippen LogP contribution >= 0.6 is 0 Å². The van der Waals surface area contributed by atoms with Crippen LogP contribution in [0.1, 0.15) is 20.8 Å². The van der Waals surface area contributed by atoms with Gasteiger partial charge in [0.2, 0.25) is 0 Å². The highest BCUT2D eigenvalue weighted by atomic mass is 16.5. The highest BCUT2D eigenvalue weighted by Crippen LogP contribution is 2.08. The molecule has 3 nitrogen and oxygen atoms in total. The van der Waals surface area contributed by atoms with Crippen LogP contribution in [0.5, 0.6) is 0 Å². The molecule has 58 valence electrons. The summed E-state index contributed by atoms with van der Waals surface area (Å²) in [6.07, 6.45) is 0. The van der Waals surface area contributed by atoms with Gasteiger partial charge in [-0.1, -0.05) is 0 Å². The summed E-state index contributed by atoms with van der Waals surface area (Å²) < 4.78 is 5.18. The van der Waals surface area contributed by atoms with E-state index in [0.29, 0.717) is 12.6 Å².